The molecule has 0 saturated carbocycles. The summed E-state index contributed by atoms with van der Waals surface area (Å²) in [7, 11) is 0. The third-order valence-corrected chi connectivity index (χ3v) is 4.90. The zero-order valence-electron chi connectivity index (χ0n) is 15.6. The SMILES string of the molecule is CC(C)(C)n1cc(CN2CCCC(C(=O)N3CCNCC3)C2)nn1.Cl. The molecule has 2 aliphatic rings. The quantitative estimate of drug-likeness (QED) is 0.863. The first kappa shape index (κ1) is 20.1. The monoisotopic (exact) mass is 370 g/mol. The largest absolute Gasteiger partial charge is 0.340 e. The van der Waals surface area contributed by atoms with Gasteiger partial charge in [0.05, 0.1) is 23.3 Å². The topological polar surface area (TPSA) is 66.3 Å². The summed E-state index contributed by atoms with van der Waals surface area (Å²) < 4.78 is 1.91. The number of piperazine rings is 1. The van der Waals surface area contributed by atoms with Gasteiger partial charge in [-0.3, -0.25) is 9.69 Å². The van der Waals surface area contributed by atoms with E-state index in [1.807, 2.05) is 15.8 Å². The number of carbonyl (C=O) groups excluding carboxylic acids is 1. The number of nitrogens with zero attached hydrogens (tertiary/aromatic N) is 5. The summed E-state index contributed by atoms with van der Waals surface area (Å²) in [6.45, 7) is 12.5. The lowest BCUT2D eigenvalue weighted by Gasteiger charge is -2.36. The average Bonchev–Trinajstić information content (AvgIpc) is 3.04. The molecule has 0 aromatic carbocycles. The highest BCUT2D eigenvalue weighted by atomic mass is 35.5. The van der Waals surface area contributed by atoms with Crippen molar-refractivity contribution in [3.8, 4) is 0 Å². The first-order valence-corrected chi connectivity index (χ1v) is 9.07. The Bertz CT molecular complexity index is 564. The van der Waals surface area contributed by atoms with Crippen LogP contribution in [-0.4, -0.2) is 70.0 Å². The molecule has 1 amide bonds. The van der Waals surface area contributed by atoms with Gasteiger partial charge in [0.2, 0.25) is 5.91 Å². The molecule has 2 fully saturated rings. The fourth-order valence-corrected chi connectivity index (χ4v) is 3.47. The molecule has 8 heteroatoms. The summed E-state index contributed by atoms with van der Waals surface area (Å²) in [5.41, 5.74) is 0.939. The fraction of sp³-hybridized carbons (Fsp3) is 0.824. The normalized spacial score (nSPS) is 22.5. The van der Waals surface area contributed by atoms with Crippen molar-refractivity contribution in [2.24, 2.45) is 5.92 Å². The maximum Gasteiger partial charge on any atom is 0.227 e. The molecule has 0 bridgehead atoms. The molecule has 2 saturated heterocycles. The fourth-order valence-electron chi connectivity index (χ4n) is 3.47. The molecule has 3 heterocycles. The van der Waals surface area contributed by atoms with Crippen LogP contribution in [0.5, 0.6) is 0 Å². The maximum absolute atomic E-state index is 12.7. The molecule has 2 aliphatic heterocycles. The zero-order chi connectivity index (χ0) is 17.2. The Kier molecular flexibility index (Phi) is 6.82. The Balaban J connectivity index is 0.00000225. The predicted octanol–water partition coefficient (Wildman–Crippen LogP) is 1.10. The summed E-state index contributed by atoms with van der Waals surface area (Å²) in [6, 6.07) is 0. The van der Waals surface area contributed by atoms with Crippen LogP contribution in [-0.2, 0) is 16.9 Å². The Morgan fingerprint density at radius 1 is 1.28 bits per heavy atom. The molecule has 0 spiro atoms. The third kappa shape index (κ3) is 5.15. The van der Waals surface area contributed by atoms with Gasteiger partial charge in [-0.05, 0) is 40.2 Å². The van der Waals surface area contributed by atoms with Gasteiger partial charge in [-0.1, -0.05) is 5.21 Å². The van der Waals surface area contributed by atoms with Gasteiger partial charge in [-0.25, -0.2) is 4.68 Å². The number of carbonyl (C=O) groups is 1. The van der Waals surface area contributed by atoms with Crippen LogP contribution in [0, 0.1) is 5.92 Å². The van der Waals surface area contributed by atoms with Crippen LogP contribution in [0.15, 0.2) is 6.20 Å². The number of likely N-dealkylation sites (tertiary alicyclic amines) is 1. The van der Waals surface area contributed by atoms with Crippen molar-refractivity contribution in [2.45, 2.75) is 45.7 Å². The lowest BCUT2D eigenvalue weighted by Crippen LogP contribution is -2.51. The maximum atomic E-state index is 12.7. The van der Waals surface area contributed by atoms with E-state index < -0.39 is 0 Å². The number of rotatable bonds is 3. The van der Waals surface area contributed by atoms with Crippen LogP contribution < -0.4 is 5.32 Å². The van der Waals surface area contributed by atoms with Crippen molar-refractivity contribution in [1.82, 2.24) is 30.1 Å². The molecule has 1 aromatic heterocycles. The molecule has 3 rings (SSSR count). The van der Waals surface area contributed by atoms with E-state index in [2.05, 4.69) is 41.3 Å². The number of halogens is 1. The third-order valence-electron chi connectivity index (χ3n) is 4.90. The van der Waals surface area contributed by atoms with Gasteiger partial charge in [0, 0.05) is 39.3 Å². The molecule has 7 nitrogen and oxygen atoms in total. The minimum Gasteiger partial charge on any atom is -0.340 e. The first-order valence-electron chi connectivity index (χ1n) is 9.07. The van der Waals surface area contributed by atoms with Crippen LogP contribution >= 0.6 is 12.4 Å². The van der Waals surface area contributed by atoms with E-state index in [1.165, 1.54) is 0 Å². The highest BCUT2D eigenvalue weighted by molar-refractivity contribution is 5.85. The average molecular weight is 371 g/mol. The number of piperidine rings is 1. The van der Waals surface area contributed by atoms with E-state index in [-0.39, 0.29) is 23.9 Å². The van der Waals surface area contributed by atoms with Gasteiger partial charge in [-0.2, -0.15) is 0 Å². The van der Waals surface area contributed by atoms with Gasteiger partial charge < -0.3 is 10.2 Å². The van der Waals surface area contributed by atoms with Crippen molar-refractivity contribution in [2.75, 3.05) is 39.3 Å². The Hall–Kier alpha value is -1.18. The van der Waals surface area contributed by atoms with Gasteiger partial charge in [-0.15, -0.1) is 17.5 Å². The number of hydrogen-bond donors (Lipinski definition) is 1. The highest BCUT2D eigenvalue weighted by Gasteiger charge is 2.30. The lowest BCUT2D eigenvalue weighted by atomic mass is 9.96. The van der Waals surface area contributed by atoms with Crippen molar-refractivity contribution in [3.63, 3.8) is 0 Å². The van der Waals surface area contributed by atoms with E-state index in [0.29, 0.717) is 5.91 Å². The lowest BCUT2D eigenvalue weighted by molar-refractivity contribution is -0.138. The molecule has 142 valence electrons. The molecule has 25 heavy (non-hydrogen) atoms. The van der Waals surface area contributed by atoms with Crippen molar-refractivity contribution < 1.29 is 4.79 Å². The van der Waals surface area contributed by atoms with E-state index in [1.54, 1.807) is 0 Å². The minimum absolute atomic E-state index is 0. The molecule has 1 unspecified atom stereocenters. The molecule has 1 N–H and O–H groups in total. The van der Waals surface area contributed by atoms with E-state index >= 15 is 0 Å². The molecule has 0 radical (unpaired) electrons. The Labute approximate surface area is 156 Å². The Morgan fingerprint density at radius 2 is 2.00 bits per heavy atom. The first-order chi connectivity index (χ1) is 11.4. The van der Waals surface area contributed by atoms with Gasteiger partial charge in [0.15, 0.2) is 0 Å². The number of hydrogen-bond acceptors (Lipinski definition) is 5. The van der Waals surface area contributed by atoms with Gasteiger partial charge >= 0.3 is 0 Å². The van der Waals surface area contributed by atoms with Crippen LogP contribution in [0.4, 0.5) is 0 Å². The number of aromatic nitrogens is 3. The number of amides is 1. The zero-order valence-corrected chi connectivity index (χ0v) is 16.4. The summed E-state index contributed by atoms with van der Waals surface area (Å²) in [5, 5.41) is 11.8. The van der Waals surface area contributed by atoms with E-state index in [0.717, 1.165) is 64.3 Å². The van der Waals surface area contributed by atoms with Gasteiger partial charge in [0.25, 0.3) is 0 Å². The summed E-state index contributed by atoms with van der Waals surface area (Å²) in [6.07, 6.45) is 4.12. The second kappa shape index (κ2) is 8.47. The minimum atomic E-state index is -0.0477. The van der Waals surface area contributed by atoms with Crippen molar-refractivity contribution in [3.05, 3.63) is 11.9 Å². The Morgan fingerprint density at radius 3 is 2.64 bits per heavy atom. The molecular weight excluding hydrogens is 340 g/mol. The van der Waals surface area contributed by atoms with Crippen LogP contribution in [0.1, 0.15) is 39.3 Å². The second-order valence-corrected chi connectivity index (χ2v) is 7.97. The predicted molar refractivity (Wildman–Crippen MR) is 99.7 cm³/mol. The highest BCUT2D eigenvalue weighted by Crippen LogP contribution is 2.21. The van der Waals surface area contributed by atoms with Crippen LogP contribution in [0.25, 0.3) is 0 Å². The summed E-state index contributed by atoms with van der Waals surface area (Å²) >= 11 is 0. The van der Waals surface area contributed by atoms with Crippen LogP contribution in [0.3, 0.4) is 0 Å². The second-order valence-electron chi connectivity index (χ2n) is 7.97. The smallest absolute Gasteiger partial charge is 0.227 e. The van der Waals surface area contributed by atoms with Gasteiger partial charge in [0.1, 0.15) is 0 Å². The standard InChI is InChI=1S/C17H30N6O.ClH/c1-17(2,3)23-13-15(19-20-23)12-21-8-4-5-14(11-21)16(24)22-9-6-18-7-10-22;/h13-14,18H,4-12H2,1-3H3;1H. The van der Waals surface area contributed by atoms with Crippen LogP contribution in [0.2, 0.25) is 0 Å². The van der Waals surface area contributed by atoms with E-state index in [4.69, 9.17) is 0 Å². The molecule has 1 aromatic rings. The van der Waals surface area contributed by atoms with E-state index in [9.17, 15) is 4.79 Å². The molecule has 0 aliphatic carbocycles. The summed E-state index contributed by atoms with van der Waals surface area (Å²) in [5.74, 6) is 0.467. The molecule has 1 atom stereocenters. The molecular formula is C17H31ClN6O. The summed E-state index contributed by atoms with van der Waals surface area (Å²) in [4.78, 5) is 17.1. The van der Waals surface area contributed by atoms with Crippen molar-refractivity contribution in [1.29, 1.82) is 0 Å². The van der Waals surface area contributed by atoms with Crippen molar-refractivity contribution >= 4 is 18.3 Å². The number of nitrogens with one attached hydrogen (secondary N) is 1.